The fourth-order valence-corrected chi connectivity index (χ4v) is 2.61. The van der Waals surface area contributed by atoms with Crippen LogP contribution in [0.2, 0.25) is 0 Å². The van der Waals surface area contributed by atoms with Crippen LogP contribution < -0.4 is 10.6 Å². The minimum Gasteiger partial charge on any atom is -0.469 e. The number of ether oxygens (including phenoxy) is 1. The predicted molar refractivity (Wildman–Crippen MR) is 84.2 cm³/mol. The van der Waals surface area contributed by atoms with Crippen LogP contribution in [0.4, 0.5) is 0 Å². The number of carbonyl (C=O) groups is 2. The maximum atomic E-state index is 11.9. The normalized spacial score (nSPS) is 12.8. The summed E-state index contributed by atoms with van der Waals surface area (Å²) in [4.78, 5) is 25.2. The number of methoxy groups -OCH3 is 1. The van der Waals surface area contributed by atoms with Crippen molar-refractivity contribution < 1.29 is 14.3 Å². The molecule has 0 aliphatic heterocycles. The quantitative estimate of drug-likeness (QED) is 0.787. The fraction of sp³-hybridized carbons (Fsp3) is 0.600. The van der Waals surface area contributed by atoms with Crippen molar-refractivity contribution in [2.24, 2.45) is 0 Å². The van der Waals surface area contributed by atoms with E-state index in [-0.39, 0.29) is 23.5 Å². The fourth-order valence-electron chi connectivity index (χ4n) is 1.65. The van der Waals surface area contributed by atoms with Gasteiger partial charge in [-0.1, -0.05) is 0 Å². The third-order valence-electron chi connectivity index (χ3n) is 2.74. The van der Waals surface area contributed by atoms with Gasteiger partial charge >= 0.3 is 5.97 Å². The standard InChI is InChI=1S/C15H24N2O3S/c1-10(14(19)17-15(2,3)4)16-9-12-7-6-11(21-12)8-13(18)20-5/h6-7,10,16H,8-9H2,1-5H3,(H,17,19). The summed E-state index contributed by atoms with van der Waals surface area (Å²) in [6, 6.07) is 3.61. The summed E-state index contributed by atoms with van der Waals surface area (Å²) in [5.74, 6) is -0.261. The summed E-state index contributed by atoms with van der Waals surface area (Å²) in [5, 5.41) is 6.12. The third kappa shape index (κ3) is 6.73. The van der Waals surface area contributed by atoms with Crippen molar-refractivity contribution in [2.45, 2.75) is 52.2 Å². The lowest BCUT2D eigenvalue weighted by atomic mass is 10.1. The van der Waals surface area contributed by atoms with Gasteiger partial charge in [-0.2, -0.15) is 0 Å². The summed E-state index contributed by atoms with van der Waals surface area (Å²) in [6.07, 6.45) is 0.293. The molecule has 1 heterocycles. The zero-order chi connectivity index (χ0) is 16.0. The first-order chi connectivity index (χ1) is 9.71. The third-order valence-corrected chi connectivity index (χ3v) is 3.82. The number of thiophene rings is 1. The molecule has 1 unspecified atom stereocenters. The summed E-state index contributed by atoms with van der Waals surface area (Å²) in [7, 11) is 1.38. The summed E-state index contributed by atoms with van der Waals surface area (Å²) in [5.41, 5.74) is -0.233. The van der Waals surface area contributed by atoms with Gasteiger partial charge < -0.3 is 15.4 Å². The van der Waals surface area contributed by atoms with E-state index in [2.05, 4.69) is 15.4 Å². The molecule has 0 aliphatic carbocycles. The smallest absolute Gasteiger partial charge is 0.310 e. The molecule has 0 fully saturated rings. The molecular weight excluding hydrogens is 288 g/mol. The minimum atomic E-state index is -0.268. The number of hydrogen-bond acceptors (Lipinski definition) is 5. The molecule has 2 N–H and O–H groups in total. The Morgan fingerprint density at radius 3 is 2.48 bits per heavy atom. The Labute approximate surface area is 130 Å². The van der Waals surface area contributed by atoms with E-state index in [1.165, 1.54) is 7.11 Å². The van der Waals surface area contributed by atoms with E-state index in [9.17, 15) is 9.59 Å². The summed E-state index contributed by atoms with van der Waals surface area (Å²) < 4.78 is 4.64. The van der Waals surface area contributed by atoms with Crippen molar-refractivity contribution >= 4 is 23.2 Å². The van der Waals surface area contributed by atoms with Gasteiger partial charge in [0.15, 0.2) is 0 Å². The molecule has 0 spiro atoms. The zero-order valence-electron chi connectivity index (χ0n) is 13.3. The molecule has 0 bridgehead atoms. The van der Waals surface area contributed by atoms with Crippen LogP contribution in [0.1, 0.15) is 37.4 Å². The second-order valence-corrected chi connectivity index (χ2v) is 7.22. The van der Waals surface area contributed by atoms with Crippen LogP contribution in [0.25, 0.3) is 0 Å². The molecule has 118 valence electrons. The first-order valence-corrected chi connectivity index (χ1v) is 7.72. The van der Waals surface area contributed by atoms with Crippen molar-refractivity contribution in [3.8, 4) is 0 Å². The molecule has 1 rings (SSSR count). The molecule has 0 saturated heterocycles. The first-order valence-electron chi connectivity index (χ1n) is 6.91. The lowest BCUT2D eigenvalue weighted by Crippen LogP contribution is -2.49. The van der Waals surface area contributed by atoms with Crippen LogP contribution in [-0.2, 0) is 27.3 Å². The van der Waals surface area contributed by atoms with Gasteiger partial charge in [-0.25, -0.2) is 0 Å². The Morgan fingerprint density at radius 1 is 1.29 bits per heavy atom. The Hall–Kier alpha value is -1.40. The van der Waals surface area contributed by atoms with Gasteiger partial charge in [-0.3, -0.25) is 9.59 Å². The molecule has 6 heteroatoms. The largest absolute Gasteiger partial charge is 0.469 e. The van der Waals surface area contributed by atoms with Gasteiger partial charge in [-0.05, 0) is 39.8 Å². The summed E-state index contributed by atoms with van der Waals surface area (Å²) >= 11 is 1.55. The van der Waals surface area contributed by atoms with Crippen molar-refractivity contribution in [2.75, 3.05) is 7.11 Å². The lowest BCUT2D eigenvalue weighted by Gasteiger charge is -2.23. The second-order valence-electron chi connectivity index (χ2n) is 5.96. The molecule has 1 aromatic heterocycles. The monoisotopic (exact) mass is 312 g/mol. The Morgan fingerprint density at radius 2 is 1.90 bits per heavy atom. The highest BCUT2D eigenvalue weighted by atomic mass is 32.1. The minimum absolute atomic E-state index is 0.0196. The van der Waals surface area contributed by atoms with Gasteiger partial charge in [0, 0.05) is 21.8 Å². The van der Waals surface area contributed by atoms with Crippen LogP contribution >= 0.6 is 11.3 Å². The van der Waals surface area contributed by atoms with Crippen LogP contribution in [0.5, 0.6) is 0 Å². The van der Waals surface area contributed by atoms with E-state index >= 15 is 0 Å². The number of nitrogens with one attached hydrogen (secondary N) is 2. The molecular formula is C15H24N2O3S. The van der Waals surface area contributed by atoms with E-state index in [1.54, 1.807) is 11.3 Å². The van der Waals surface area contributed by atoms with E-state index < -0.39 is 0 Å². The first kappa shape index (κ1) is 17.7. The van der Waals surface area contributed by atoms with Crippen LogP contribution in [0.15, 0.2) is 12.1 Å². The predicted octanol–water partition coefficient (Wildman–Crippen LogP) is 1.86. The van der Waals surface area contributed by atoms with Gasteiger partial charge in [0.05, 0.1) is 19.6 Å². The Kier molecular flexibility index (Phi) is 6.36. The zero-order valence-corrected chi connectivity index (χ0v) is 14.1. The topological polar surface area (TPSA) is 67.4 Å². The lowest BCUT2D eigenvalue weighted by molar-refractivity contribution is -0.139. The van der Waals surface area contributed by atoms with E-state index in [0.29, 0.717) is 13.0 Å². The molecule has 0 aromatic carbocycles. The van der Waals surface area contributed by atoms with Crippen LogP contribution in [0, 0.1) is 0 Å². The highest BCUT2D eigenvalue weighted by Gasteiger charge is 2.18. The average molecular weight is 312 g/mol. The van der Waals surface area contributed by atoms with Crippen molar-refractivity contribution in [1.29, 1.82) is 0 Å². The molecule has 1 amide bonds. The highest BCUT2D eigenvalue weighted by Crippen LogP contribution is 2.17. The molecule has 0 aliphatic rings. The van der Waals surface area contributed by atoms with Gasteiger partial charge in [0.2, 0.25) is 5.91 Å². The highest BCUT2D eigenvalue weighted by molar-refractivity contribution is 7.12. The SMILES string of the molecule is COC(=O)Cc1ccc(CNC(C)C(=O)NC(C)(C)C)s1. The summed E-state index contributed by atoms with van der Waals surface area (Å²) in [6.45, 7) is 8.30. The van der Waals surface area contributed by atoms with Crippen molar-refractivity contribution in [3.05, 3.63) is 21.9 Å². The van der Waals surface area contributed by atoms with Crippen molar-refractivity contribution in [1.82, 2.24) is 10.6 Å². The maximum Gasteiger partial charge on any atom is 0.310 e. The average Bonchev–Trinajstić information content (AvgIpc) is 2.81. The maximum absolute atomic E-state index is 11.9. The van der Waals surface area contributed by atoms with E-state index in [1.807, 2.05) is 39.8 Å². The molecule has 1 atom stereocenters. The molecule has 21 heavy (non-hydrogen) atoms. The van der Waals surface area contributed by atoms with Gasteiger partial charge in [0.1, 0.15) is 0 Å². The van der Waals surface area contributed by atoms with E-state index in [4.69, 9.17) is 0 Å². The number of carbonyl (C=O) groups excluding carboxylic acids is 2. The molecule has 0 saturated carbocycles. The van der Waals surface area contributed by atoms with Crippen LogP contribution in [-0.4, -0.2) is 30.6 Å². The number of rotatable bonds is 6. The Bertz CT molecular complexity index is 491. The number of amides is 1. The van der Waals surface area contributed by atoms with E-state index in [0.717, 1.165) is 9.75 Å². The number of hydrogen-bond donors (Lipinski definition) is 2. The molecule has 0 radical (unpaired) electrons. The molecule has 5 nitrogen and oxygen atoms in total. The van der Waals surface area contributed by atoms with Crippen molar-refractivity contribution in [3.63, 3.8) is 0 Å². The number of esters is 1. The van der Waals surface area contributed by atoms with Crippen LogP contribution in [0.3, 0.4) is 0 Å². The molecule has 1 aromatic rings. The second kappa shape index (κ2) is 7.56. The van der Waals surface area contributed by atoms with Gasteiger partial charge in [-0.15, -0.1) is 11.3 Å². The van der Waals surface area contributed by atoms with Gasteiger partial charge in [0.25, 0.3) is 0 Å². The Balaban J connectivity index is 2.44.